The summed E-state index contributed by atoms with van der Waals surface area (Å²) in [7, 11) is 0. The van der Waals surface area contributed by atoms with Crippen LogP contribution in [0, 0.1) is 18.3 Å². The van der Waals surface area contributed by atoms with Gasteiger partial charge < -0.3 is 14.7 Å². The fourth-order valence-electron chi connectivity index (χ4n) is 3.09. The second-order valence-corrected chi connectivity index (χ2v) is 7.54. The lowest BCUT2D eigenvalue weighted by Crippen LogP contribution is -2.47. The number of nitrogens with one attached hydrogen (secondary N) is 1. The molecular formula is C20H23N5O2S. The summed E-state index contributed by atoms with van der Waals surface area (Å²) in [5.41, 5.74) is 2.01. The minimum Gasteiger partial charge on any atom is -0.478 e. The van der Waals surface area contributed by atoms with Gasteiger partial charge in [0.15, 0.2) is 5.82 Å². The molecule has 0 saturated carbocycles. The van der Waals surface area contributed by atoms with Gasteiger partial charge in [0.05, 0.1) is 17.3 Å². The van der Waals surface area contributed by atoms with Gasteiger partial charge in [0, 0.05) is 50.2 Å². The van der Waals surface area contributed by atoms with Crippen LogP contribution in [0.3, 0.4) is 0 Å². The van der Waals surface area contributed by atoms with Gasteiger partial charge in [0.2, 0.25) is 0 Å². The van der Waals surface area contributed by atoms with Gasteiger partial charge in [-0.15, -0.1) is 0 Å². The molecule has 0 amide bonds. The van der Waals surface area contributed by atoms with Crippen LogP contribution < -0.4 is 9.62 Å². The highest BCUT2D eigenvalue weighted by molar-refractivity contribution is 8.00. The Bertz CT molecular complexity index is 875. The number of anilines is 2. The maximum absolute atomic E-state index is 11.4. The van der Waals surface area contributed by atoms with Crippen LogP contribution in [0.15, 0.2) is 41.4 Å². The molecular weight excluding hydrogens is 374 g/mol. The van der Waals surface area contributed by atoms with Crippen molar-refractivity contribution in [3.8, 4) is 6.07 Å². The topological polar surface area (TPSA) is 92.5 Å². The zero-order valence-electron chi connectivity index (χ0n) is 15.8. The number of pyridine rings is 1. The fraction of sp³-hybridized carbons (Fsp3) is 0.350. The number of aromatic nitrogens is 1. The Morgan fingerprint density at radius 3 is 2.79 bits per heavy atom. The Labute approximate surface area is 169 Å². The van der Waals surface area contributed by atoms with Crippen molar-refractivity contribution in [3.05, 3.63) is 47.7 Å². The monoisotopic (exact) mass is 397 g/mol. The molecule has 146 valence electrons. The molecule has 3 rings (SSSR count). The molecule has 1 fully saturated rings. The van der Waals surface area contributed by atoms with Gasteiger partial charge in [0.25, 0.3) is 0 Å². The number of nitriles is 1. The van der Waals surface area contributed by atoms with Crippen LogP contribution in [0.2, 0.25) is 0 Å². The van der Waals surface area contributed by atoms with E-state index < -0.39 is 5.97 Å². The summed E-state index contributed by atoms with van der Waals surface area (Å²) in [5.74, 6) is -0.242. The molecule has 7 nitrogen and oxygen atoms in total. The summed E-state index contributed by atoms with van der Waals surface area (Å²) in [6, 6.07) is 11.9. The van der Waals surface area contributed by atoms with Crippen LogP contribution in [-0.2, 0) is 0 Å². The molecule has 1 aromatic carbocycles. The van der Waals surface area contributed by atoms with Crippen LogP contribution in [0.1, 0.15) is 22.3 Å². The molecule has 8 heteroatoms. The van der Waals surface area contributed by atoms with Crippen molar-refractivity contribution in [3.63, 3.8) is 0 Å². The van der Waals surface area contributed by atoms with E-state index in [1.165, 1.54) is 18.1 Å². The second-order valence-electron chi connectivity index (χ2n) is 6.66. The highest BCUT2D eigenvalue weighted by atomic mass is 32.2. The SMILES string of the molecule is Cc1cccc(SNc2cc(C(=O)O)cnc2N2CCN(CCC#N)CC2)c1. The third-order valence-corrected chi connectivity index (χ3v) is 5.41. The van der Waals surface area contributed by atoms with Crippen LogP contribution in [0.4, 0.5) is 11.5 Å². The third kappa shape index (κ3) is 5.15. The van der Waals surface area contributed by atoms with Gasteiger partial charge in [-0.3, -0.25) is 4.90 Å². The van der Waals surface area contributed by atoms with Crippen molar-refractivity contribution in [2.24, 2.45) is 0 Å². The van der Waals surface area contributed by atoms with Crippen molar-refractivity contribution in [1.29, 1.82) is 5.26 Å². The van der Waals surface area contributed by atoms with Crippen molar-refractivity contribution in [2.45, 2.75) is 18.2 Å². The van der Waals surface area contributed by atoms with Gasteiger partial charge in [-0.1, -0.05) is 12.1 Å². The fourth-order valence-corrected chi connectivity index (χ4v) is 3.86. The number of carbonyl (C=O) groups is 1. The number of benzene rings is 1. The standard InChI is InChI=1S/C20H23N5O2S/c1-15-4-2-5-17(12-15)28-23-18-13-16(20(26)27)14-22-19(18)25-10-8-24(9-11-25)7-3-6-21/h2,4-5,12-14,23H,3,7-11H2,1H3,(H,26,27). The van der Waals surface area contributed by atoms with E-state index in [0.717, 1.165) is 49.0 Å². The Morgan fingerprint density at radius 1 is 1.32 bits per heavy atom. The van der Waals surface area contributed by atoms with Crippen molar-refractivity contribution in [1.82, 2.24) is 9.88 Å². The number of carboxylic acid groups (broad SMARTS) is 1. The van der Waals surface area contributed by atoms with Crippen molar-refractivity contribution >= 4 is 29.4 Å². The number of nitrogens with zero attached hydrogens (tertiary/aromatic N) is 4. The van der Waals surface area contributed by atoms with Crippen molar-refractivity contribution in [2.75, 3.05) is 42.3 Å². The molecule has 0 atom stereocenters. The van der Waals surface area contributed by atoms with Gasteiger partial charge >= 0.3 is 5.97 Å². The van der Waals surface area contributed by atoms with E-state index in [0.29, 0.717) is 12.1 Å². The molecule has 2 N–H and O–H groups in total. The molecule has 1 saturated heterocycles. The zero-order chi connectivity index (χ0) is 19.9. The van der Waals surface area contributed by atoms with Crippen LogP contribution in [-0.4, -0.2) is 53.7 Å². The van der Waals surface area contributed by atoms with Crippen LogP contribution in [0.5, 0.6) is 0 Å². The highest BCUT2D eigenvalue weighted by Crippen LogP contribution is 2.30. The first kappa shape index (κ1) is 20.0. The van der Waals surface area contributed by atoms with Crippen LogP contribution >= 0.6 is 11.9 Å². The Kier molecular flexibility index (Phi) is 6.74. The molecule has 2 aromatic rings. The molecule has 0 radical (unpaired) electrons. The quantitative estimate of drug-likeness (QED) is 0.688. The Balaban J connectivity index is 1.75. The van der Waals surface area contributed by atoms with Gasteiger partial charge in [-0.25, -0.2) is 9.78 Å². The summed E-state index contributed by atoms with van der Waals surface area (Å²) >= 11 is 1.44. The Morgan fingerprint density at radius 2 is 2.11 bits per heavy atom. The van der Waals surface area contributed by atoms with E-state index in [4.69, 9.17) is 5.26 Å². The summed E-state index contributed by atoms with van der Waals surface area (Å²) in [4.78, 5) is 21.3. The maximum Gasteiger partial charge on any atom is 0.337 e. The first-order chi connectivity index (χ1) is 13.6. The Hall–Kier alpha value is -2.76. The zero-order valence-corrected chi connectivity index (χ0v) is 16.6. The number of aromatic carboxylic acids is 1. The van der Waals surface area contributed by atoms with E-state index in [2.05, 4.69) is 31.6 Å². The maximum atomic E-state index is 11.4. The lowest BCUT2D eigenvalue weighted by atomic mass is 10.2. The van der Waals surface area contributed by atoms with E-state index in [1.807, 2.05) is 25.1 Å². The third-order valence-electron chi connectivity index (χ3n) is 4.59. The summed E-state index contributed by atoms with van der Waals surface area (Å²) in [6.07, 6.45) is 1.94. The molecule has 28 heavy (non-hydrogen) atoms. The van der Waals surface area contributed by atoms with E-state index >= 15 is 0 Å². The number of aryl methyl sites for hydroxylation is 1. The van der Waals surface area contributed by atoms with Crippen molar-refractivity contribution < 1.29 is 9.90 Å². The lowest BCUT2D eigenvalue weighted by Gasteiger charge is -2.35. The van der Waals surface area contributed by atoms with Gasteiger partial charge in [-0.05, 0) is 42.6 Å². The lowest BCUT2D eigenvalue weighted by molar-refractivity contribution is 0.0696. The number of hydrogen-bond acceptors (Lipinski definition) is 7. The molecule has 1 aromatic heterocycles. The first-order valence-electron chi connectivity index (χ1n) is 9.14. The average Bonchev–Trinajstić information content (AvgIpc) is 2.71. The summed E-state index contributed by atoms with van der Waals surface area (Å²) in [6.45, 7) is 6.10. The number of rotatable bonds is 7. The molecule has 0 unspecified atom stereocenters. The minimum atomic E-state index is -0.996. The number of carboxylic acids is 1. The normalized spacial score (nSPS) is 14.5. The van der Waals surface area contributed by atoms with E-state index in [1.54, 1.807) is 6.07 Å². The smallest absolute Gasteiger partial charge is 0.337 e. The first-order valence-corrected chi connectivity index (χ1v) is 9.95. The predicted molar refractivity (Wildman–Crippen MR) is 111 cm³/mol. The molecule has 0 bridgehead atoms. The molecule has 1 aliphatic rings. The summed E-state index contributed by atoms with van der Waals surface area (Å²) < 4.78 is 3.29. The van der Waals surface area contributed by atoms with Crippen LogP contribution in [0.25, 0.3) is 0 Å². The predicted octanol–water partition coefficient (Wildman–Crippen LogP) is 3.24. The van der Waals surface area contributed by atoms with Gasteiger partial charge in [0.1, 0.15) is 0 Å². The second kappa shape index (κ2) is 9.44. The summed E-state index contributed by atoms with van der Waals surface area (Å²) in [5, 5.41) is 18.1. The largest absolute Gasteiger partial charge is 0.478 e. The molecule has 1 aliphatic heterocycles. The van der Waals surface area contributed by atoms with E-state index in [-0.39, 0.29) is 5.56 Å². The minimum absolute atomic E-state index is 0.156. The highest BCUT2D eigenvalue weighted by Gasteiger charge is 2.21. The molecule has 0 spiro atoms. The van der Waals surface area contributed by atoms with Gasteiger partial charge in [-0.2, -0.15) is 5.26 Å². The number of piperazine rings is 1. The average molecular weight is 398 g/mol. The molecule has 2 heterocycles. The number of hydrogen-bond donors (Lipinski definition) is 2. The molecule has 0 aliphatic carbocycles. The van der Waals surface area contributed by atoms with E-state index in [9.17, 15) is 9.90 Å².